The van der Waals surface area contributed by atoms with Gasteiger partial charge in [0.2, 0.25) is 5.91 Å². The summed E-state index contributed by atoms with van der Waals surface area (Å²) in [5.74, 6) is 3.29. The van der Waals surface area contributed by atoms with Crippen molar-refractivity contribution in [2.75, 3.05) is 26.2 Å². The summed E-state index contributed by atoms with van der Waals surface area (Å²) >= 11 is 0. The highest BCUT2D eigenvalue weighted by atomic mass is 16.6. The van der Waals surface area contributed by atoms with Gasteiger partial charge in [0.25, 0.3) is 0 Å². The molecule has 2 aromatic rings. The summed E-state index contributed by atoms with van der Waals surface area (Å²) in [4.78, 5) is 14.3. The Labute approximate surface area is 145 Å². The van der Waals surface area contributed by atoms with Gasteiger partial charge in [-0.3, -0.25) is 9.69 Å². The van der Waals surface area contributed by atoms with E-state index in [0.717, 1.165) is 36.2 Å². The highest BCUT2D eigenvalue weighted by molar-refractivity contribution is 5.78. The van der Waals surface area contributed by atoms with Crippen LogP contribution in [0.2, 0.25) is 0 Å². The first-order valence-corrected chi connectivity index (χ1v) is 8.45. The van der Waals surface area contributed by atoms with Crippen LogP contribution in [-0.4, -0.2) is 57.9 Å². The number of nitrogens with zero attached hydrogens (tertiary/aromatic N) is 4. The number of aryl methyl sites for hydroxylation is 1. The SMILES string of the molecule is Cc1nnc2n1CCN(CC(=O)NC[C@H]1COc3ccccc3O1)C2. The molecule has 2 aliphatic rings. The molecule has 3 heterocycles. The topological polar surface area (TPSA) is 81.5 Å². The Morgan fingerprint density at radius 1 is 1.28 bits per heavy atom. The van der Waals surface area contributed by atoms with Crippen molar-refractivity contribution in [2.24, 2.45) is 0 Å². The molecule has 0 spiro atoms. The molecule has 0 unspecified atom stereocenters. The van der Waals surface area contributed by atoms with E-state index in [0.29, 0.717) is 26.2 Å². The first kappa shape index (κ1) is 15.9. The minimum absolute atomic E-state index is 0.0212. The van der Waals surface area contributed by atoms with Gasteiger partial charge in [0.05, 0.1) is 19.6 Å². The summed E-state index contributed by atoms with van der Waals surface area (Å²) < 4.78 is 13.6. The first-order valence-electron chi connectivity index (χ1n) is 8.45. The number of fused-ring (bicyclic) bond motifs is 2. The van der Waals surface area contributed by atoms with Gasteiger partial charge in [0.1, 0.15) is 24.4 Å². The number of para-hydroxylation sites is 2. The molecule has 4 rings (SSSR count). The van der Waals surface area contributed by atoms with E-state index in [2.05, 4.69) is 25.0 Å². The maximum atomic E-state index is 12.2. The Morgan fingerprint density at radius 2 is 2.12 bits per heavy atom. The van der Waals surface area contributed by atoms with Crippen molar-refractivity contribution >= 4 is 5.91 Å². The number of amides is 1. The van der Waals surface area contributed by atoms with Crippen LogP contribution >= 0.6 is 0 Å². The third kappa shape index (κ3) is 3.43. The molecule has 1 amide bonds. The lowest BCUT2D eigenvalue weighted by molar-refractivity contribution is -0.123. The monoisotopic (exact) mass is 343 g/mol. The van der Waals surface area contributed by atoms with E-state index in [4.69, 9.17) is 9.47 Å². The van der Waals surface area contributed by atoms with Crippen LogP contribution in [0.15, 0.2) is 24.3 Å². The van der Waals surface area contributed by atoms with Crippen LogP contribution in [0.25, 0.3) is 0 Å². The Morgan fingerprint density at radius 3 is 3.00 bits per heavy atom. The normalized spacial score (nSPS) is 19.3. The Hall–Kier alpha value is -2.61. The van der Waals surface area contributed by atoms with Gasteiger partial charge in [-0.2, -0.15) is 0 Å². The molecule has 0 bridgehead atoms. The molecule has 8 nitrogen and oxygen atoms in total. The average Bonchev–Trinajstić information content (AvgIpc) is 3.00. The van der Waals surface area contributed by atoms with Crippen LogP contribution in [0.1, 0.15) is 11.6 Å². The molecule has 132 valence electrons. The molecular formula is C17H21N5O3. The molecule has 1 N–H and O–H groups in total. The lowest BCUT2D eigenvalue weighted by Gasteiger charge is -2.28. The van der Waals surface area contributed by atoms with Crippen molar-refractivity contribution in [1.29, 1.82) is 0 Å². The second-order valence-electron chi connectivity index (χ2n) is 6.33. The van der Waals surface area contributed by atoms with E-state index in [1.807, 2.05) is 31.2 Å². The molecule has 2 aliphatic heterocycles. The summed E-state index contributed by atoms with van der Waals surface area (Å²) in [5.41, 5.74) is 0. The average molecular weight is 343 g/mol. The number of aromatic nitrogens is 3. The van der Waals surface area contributed by atoms with Crippen LogP contribution < -0.4 is 14.8 Å². The zero-order chi connectivity index (χ0) is 17.2. The lowest BCUT2D eigenvalue weighted by atomic mass is 10.2. The zero-order valence-electron chi connectivity index (χ0n) is 14.1. The van der Waals surface area contributed by atoms with Gasteiger partial charge in [-0.25, -0.2) is 0 Å². The fourth-order valence-electron chi connectivity index (χ4n) is 3.14. The highest BCUT2D eigenvalue weighted by Gasteiger charge is 2.23. The molecule has 1 aromatic heterocycles. The van der Waals surface area contributed by atoms with Crippen LogP contribution in [0.3, 0.4) is 0 Å². The van der Waals surface area contributed by atoms with E-state index in [-0.39, 0.29) is 12.0 Å². The minimum atomic E-state index is -0.175. The highest BCUT2D eigenvalue weighted by Crippen LogP contribution is 2.30. The van der Waals surface area contributed by atoms with E-state index >= 15 is 0 Å². The molecular weight excluding hydrogens is 322 g/mol. The van der Waals surface area contributed by atoms with Crippen molar-refractivity contribution in [3.05, 3.63) is 35.9 Å². The van der Waals surface area contributed by atoms with E-state index in [1.54, 1.807) is 0 Å². The molecule has 25 heavy (non-hydrogen) atoms. The molecule has 1 atom stereocenters. The van der Waals surface area contributed by atoms with Gasteiger partial charge in [0.15, 0.2) is 11.5 Å². The number of rotatable bonds is 4. The van der Waals surface area contributed by atoms with Gasteiger partial charge in [-0.05, 0) is 19.1 Å². The van der Waals surface area contributed by atoms with Crippen LogP contribution in [0.4, 0.5) is 0 Å². The van der Waals surface area contributed by atoms with E-state index in [1.165, 1.54) is 0 Å². The number of ether oxygens (including phenoxy) is 2. The van der Waals surface area contributed by atoms with Gasteiger partial charge in [0, 0.05) is 13.1 Å². The first-order chi connectivity index (χ1) is 12.2. The molecule has 0 saturated carbocycles. The number of nitrogens with one attached hydrogen (secondary N) is 1. The minimum Gasteiger partial charge on any atom is -0.486 e. The predicted molar refractivity (Wildman–Crippen MR) is 89.4 cm³/mol. The largest absolute Gasteiger partial charge is 0.486 e. The second kappa shape index (κ2) is 6.72. The molecule has 0 aliphatic carbocycles. The Bertz CT molecular complexity index is 775. The van der Waals surface area contributed by atoms with E-state index < -0.39 is 0 Å². The van der Waals surface area contributed by atoms with Gasteiger partial charge in [-0.1, -0.05) is 12.1 Å². The van der Waals surface area contributed by atoms with Gasteiger partial charge < -0.3 is 19.4 Å². The second-order valence-corrected chi connectivity index (χ2v) is 6.33. The molecule has 1 aromatic carbocycles. The summed E-state index contributed by atoms with van der Waals surface area (Å²) in [5, 5.41) is 11.2. The maximum Gasteiger partial charge on any atom is 0.234 e. The smallest absolute Gasteiger partial charge is 0.234 e. The maximum absolute atomic E-state index is 12.2. The van der Waals surface area contributed by atoms with Crippen LogP contribution in [0.5, 0.6) is 11.5 Å². The van der Waals surface area contributed by atoms with Crippen molar-refractivity contribution in [3.8, 4) is 11.5 Å². The number of hydrogen-bond donors (Lipinski definition) is 1. The summed E-state index contributed by atoms with van der Waals surface area (Å²) in [6.45, 7) is 5.43. The van der Waals surface area contributed by atoms with Crippen molar-refractivity contribution < 1.29 is 14.3 Å². The van der Waals surface area contributed by atoms with Gasteiger partial charge in [-0.15, -0.1) is 10.2 Å². The lowest BCUT2D eigenvalue weighted by Crippen LogP contribution is -2.45. The standard InChI is InChI=1S/C17H21N5O3/c1-12-19-20-16-9-21(6-7-22(12)16)10-17(23)18-8-13-11-24-14-4-2-3-5-15(14)25-13/h2-5,13H,6-11H2,1H3,(H,18,23)/t13-/m0/s1. The summed E-state index contributed by atoms with van der Waals surface area (Å²) in [7, 11) is 0. The fraction of sp³-hybridized carbons (Fsp3) is 0.471. The number of benzene rings is 1. The Balaban J connectivity index is 1.25. The fourth-order valence-corrected chi connectivity index (χ4v) is 3.14. The summed E-state index contributed by atoms with van der Waals surface area (Å²) in [6.07, 6.45) is -0.175. The van der Waals surface area contributed by atoms with Crippen molar-refractivity contribution in [2.45, 2.75) is 26.1 Å². The molecule has 0 fully saturated rings. The number of carbonyl (C=O) groups excluding carboxylic acids is 1. The van der Waals surface area contributed by atoms with Crippen molar-refractivity contribution in [3.63, 3.8) is 0 Å². The van der Waals surface area contributed by atoms with E-state index in [9.17, 15) is 4.79 Å². The van der Waals surface area contributed by atoms with Crippen LogP contribution in [-0.2, 0) is 17.9 Å². The zero-order valence-corrected chi connectivity index (χ0v) is 14.1. The van der Waals surface area contributed by atoms with Gasteiger partial charge >= 0.3 is 0 Å². The third-order valence-corrected chi connectivity index (χ3v) is 4.48. The van der Waals surface area contributed by atoms with Crippen molar-refractivity contribution in [1.82, 2.24) is 25.0 Å². The Kier molecular flexibility index (Phi) is 4.27. The quantitative estimate of drug-likeness (QED) is 0.863. The molecule has 0 radical (unpaired) electrons. The van der Waals surface area contributed by atoms with Crippen LogP contribution in [0, 0.1) is 6.92 Å². The number of carbonyl (C=O) groups is 1. The predicted octanol–water partition coefficient (Wildman–Crippen LogP) is 0.358. The summed E-state index contributed by atoms with van der Waals surface area (Å²) in [6, 6.07) is 7.56. The number of hydrogen-bond acceptors (Lipinski definition) is 6. The third-order valence-electron chi connectivity index (χ3n) is 4.48. The molecule has 8 heteroatoms. The molecule has 0 saturated heterocycles.